The molecule has 0 radical (unpaired) electrons. The Balaban J connectivity index is 2.25. The average Bonchev–Trinajstić information content (AvgIpc) is 2.84. The molecule has 0 saturated heterocycles. The molecule has 0 aliphatic rings. The van der Waals surface area contributed by atoms with Crippen LogP contribution in [0.4, 0.5) is 0 Å². The fourth-order valence-electron chi connectivity index (χ4n) is 1.90. The van der Waals surface area contributed by atoms with Crippen LogP contribution in [0, 0.1) is 0 Å². The molecule has 0 unspecified atom stereocenters. The number of hydrogen-bond acceptors (Lipinski definition) is 3. The minimum atomic E-state index is 0.696. The van der Waals surface area contributed by atoms with Gasteiger partial charge in [0.1, 0.15) is 5.75 Å². The number of benzene rings is 1. The second-order valence-corrected chi connectivity index (χ2v) is 5.32. The lowest BCUT2D eigenvalue weighted by atomic mass is 10.2. The molecular formula is C15H20N2OS. The van der Waals surface area contributed by atoms with Crippen LogP contribution in [-0.2, 0) is 6.54 Å². The van der Waals surface area contributed by atoms with E-state index in [0.717, 1.165) is 34.5 Å². The van der Waals surface area contributed by atoms with E-state index in [1.165, 1.54) is 0 Å². The molecule has 0 aliphatic heterocycles. The van der Waals surface area contributed by atoms with Gasteiger partial charge in [-0.05, 0) is 43.9 Å². The Morgan fingerprint density at radius 3 is 2.47 bits per heavy atom. The summed E-state index contributed by atoms with van der Waals surface area (Å²) in [6.45, 7) is 7.93. The second-order valence-electron chi connectivity index (χ2n) is 4.09. The van der Waals surface area contributed by atoms with Gasteiger partial charge in [-0.1, -0.05) is 18.7 Å². The highest BCUT2D eigenvalue weighted by atomic mass is 32.2. The number of hydrogen-bond donors (Lipinski definition) is 0. The highest BCUT2D eigenvalue weighted by Crippen LogP contribution is 2.25. The van der Waals surface area contributed by atoms with Crippen molar-refractivity contribution in [2.75, 3.05) is 12.4 Å². The number of ether oxygens (including phenoxy) is 1. The van der Waals surface area contributed by atoms with E-state index in [4.69, 9.17) is 9.72 Å². The van der Waals surface area contributed by atoms with Gasteiger partial charge < -0.3 is 9.30 Å². The topological polar surface area (TPSA) is 27.1 Å². The molecule has 0 saturated carbocycles. The van der Waals surface area contributed by atoms with Crippen LogP contribution in [0.5, 0.6) is 5.75 Å². The lowest BCUT2D eigenvalue weighted by Gasteiger charge is -2.03. The number of aromatic nitrogens is 2. The zero-order valence-corrected chi connectivity index (χ0v) is 12.5. The highest BCUT2D eigenvalue weighted by Gasteiger charge is 2.08. The van der Waals surface area contributed by atoms with Gasteiger partial charge in [-0.2, -0.15) is 0 Å². The number of rotatable bonds is 6. The number of imidazole rings is 1. The van der Waals surface area contributed by atoms with Crippen LogP contribution in [0.3, 0.4) is 0 Å². The largest absolute Gasteiger partial charge is 0.494 e. The summed E-state index contributed by atoms with van der Waals surface area (Å²) in [6, 6.07) is 8.12. The van der Waals surface area contributed by atoms with Crippen molar-refractivity contribution in [3.8, 4) is 17.0 Å². The van der Waals surface area contributed by atoms with Gasteiger partial charge in [0, 0.05) is 18.3 Å². The van der Waals surface area contributed by atoms with Gasteiger partial charge in [-0.3, -0.25) is 0 Å². The van der Waals surface area contributed by atoms with Gasteiger partial charge in [0.15, 0.2) is 5.16 Å². The zero-order valence-electron chi connectivity index (χ0n) is 11.7. The van der Waals surface area contributed by atoms with Gasteiger partial charge in [0.2, 0.25) is 0 Å². The summed E-state index contributed by atoms with van der Waals surface area (Å²) in [5, 5.41) is 1.09. The summed E-state index contributed by atoms with van der Waals surface area (Å²) in [5.74, 6) is 1.95. The van der Waals surface area contributed by atoms with Crippen LogP contribution in [-0.4, -0.2) is 21.9 Å². The third-order valence-electron chi connectivity index (χ3n) is 2.82. The van der Waals surface area contributed by atoms with Gasteiger partial charge in [-0.15, -0.1) is 0 Å². The van der Waals surface area contributed by atoms with Crippen molar-refractivity contribution in [3.63, 3.8) is 0 Å². The van der Waals surface area contributed by atoms with Crippen LogP contribution in [0.25, 0.3) is 11.3 Å². The summed E-state index contributed by atoms with van der Waals surface area (Å²) in [4.78, 5) is 4.70. The molecule has 1 heterocycles. The van der Waals surface area contributed by atoms with E-state index in [-0.39, 0.29) is 0 Å². The first kappa shape index (κ1) is 14.0. The van der Waals surface area contributed by atoms with E-state index in [1.54, 1.807) is 11.8 Å². The maximum atomic E-state index is 5.46. The van der Waals surface area contributed by atoms with Crippen LogP contribution in [0.1, 0.15) is 20.8 Å². The van der Waals surface area contributed by atoms with Gasteiger partial charge in [0.05, 0.1) is 12.3 Å². The summed E-state index contributed by atoms with van der Waals surface area (Å²) in [6.07, 6.45) is 2.12. The molecule has 0 amide bonds. The van der Waals surface area contributed by atoms with Crippen molar-refractivity contribution >= 4 is 11.8 Å². The predicted molar refractivity (Wildman–Crippen MR) is 80.9 cm³/mol. The molecule has 1 aromatic heterocycles. The van der Waals surface area contributed by atoms with Crippen molar-refractivity contribution in [1.29, 1.82) is 0 Å². The Bertz CT molecular complexity index is 519. The predicted octanol–water partition coefficient (Wildman–Crippen LogP) is 4.08. The van der Waals surface area contributed by atoms with E-state index in [2.05, 4.69) is 36.7 Å². The summed E-state index contributed by atoms with van der Waals surface area (Å²) in [7, 11) is 0. The van der Waals surface area contributed by atoms with E-state index >= 15 is 0 Å². The molecule has 0 N–H and O–H groups in total. The van der Waals surface area contributed by atoms with E-state index in [0.29, 0.717) is 6.61 Å². The van der Waals surface area contributed by atoms with E-state index in [9.17, 15) is 0 Å². The molecule has 0 fully saturated rings. The van der Waals surface area contributed by atoms with Crippen LogP contribution < -0.4 is 4.74 Å². The maximum absolute atomic E-state index is 5.46. The monoisotopic (exact) mass is 276 g/mol. The van der Waals surface area contributed by atoms with Crippen molar-refractivity contribution in [1.82, 2.24) is 9.55 Å². The molecule has 3 nitrogen and oxygen atoms in total. The van der Waals surface area contributed by atoms with Gasteiger partial charge >= 0.3 is 0 Å². The smallest absolute Gasteiger partial charge is 0.168 e. The lowest BCUT2D eigenvalue weighted by molar-refractivity contribution is 0.340. The third-order valence-corrected chi connectivity index (χ3v) is 3.69. The molecule has 0 bridgehead atoms. The first-order valence-electron chi connectivity index (χ1n) is 6.71. The van der Waals surface area contributed by atoms with Crippen molar-refractivity contribution < 1.29 is 4.74 Å². The van der Waals surface area contributed by atoms with Crippen LogP contribution >= 0.6 is 11.8 Å². The number of aryl methyl sites for hydroxylation is 1. The first-order valence-corrected chi connectivity index (χ1v) is 7.70. The summed E-state index contributed by atoms with van der Waals surface area (Å²) >= 11 is 1.78. The summed E-state index contributed by atoms with van der Waals surface area (Å²) in [5.41, 5.74) is 2.16. The Morgan fingerprint density at radius 1 is 1.16 bits per heavy atom. The van der Waals surface area contributed by atoms with Crippen LogP contribution in [0.2, 0.25) is 0 Å². The van der Waals surface area contributed by atoms with E-state index < -0.39 is 0 Å². The molecule has 4 heteroatoms. The van der Waals surface area contributed by atoms with E-state index in [1.807, 2.05) is 19.1 Å². The zero-order chi connectivity index (χ0) is 13.7. The lowest BCUT2D eigenvalue weighted by Crippen LogP contribution is -1.93. The molecule has 19 heavy (non-hydrogen) atoms. The minimum Gasteiger partial charge on any atom is -0.494 e. The first-order chi connectivity index (χ1) is 9.28. The molecule has 2 rings (SSSR count). The highest BCUT2D eigenvalue weighted by molar-refractivity contribution is 7.99. The quantitative estimate of drug-likeness (QED) is 0.744. The van der Waals surface area contributed by atoms with Crippen LogP contribution in [0.15, 0.2) is 35.6 Å². The number of thioether (sulfide) groups is 1. The third kappa shape index (κ3) is 3.32. The molecule has 0 atom stereocenters. The molecule has 102 valence electrons. The molecule has 2 aromatic rings. The second kappa shape index (κ2) is 6.66. The molecule has 0 spiro atoms. The van der Waals surface area contributed by atoms with Crippen molar-refractivity contribution in [2.24, 2.45) is 0 Å². The minimum absolute atomic E-state index is 0.696. The average molecular weight is 276 g/mol. The Morgan fingerprint density at radius 2 is 1.89 bits per heavy atom. The Kier molecular flexibility index (Phi) is 4.91. The molecule has 0 aliphatic carbocycles. The van der Waals surface area contributed by atoms with Crippen molar-refractivity contribution in [3.05, 3.63) is 30.5 Å². The Labute approximate surface area is 119 Å². The van der Waals surface area contributed by atoms with Gasteiger partial charge in [0.25, 0.3) is 0 Å². The number of nitrogens with zero attached hydrogens (tertiary/aromatic N) is 2. The normalized spacial score (nSPS) is 10.7. The van der Waals surface area contributed by atoms with Gasteiger partial charge in [-0.25, -0.2) is 4.98 Å². The van der Waals surface area contributed by atoms with Crippen molar-refractivity contribution in [2.45, 2.75) is 32.5 Å². The Hall–Kier alpha value is -1.42. The fourth-order valence-corrected chi connectivity index (χ4v) is 2.67. The summed E-state index contributed by atoms with van der Waals surface area (Å²) < 4.78 is 7.65. The molecular weight excluding hydrogens is 256 g/mol. The standard InChI is InChI=1S/C15H20N2OS/c1-4-17-11-14(16-15(17)19-6-3)12-7-9-13(10-8-12)18-5-2/h7-11H,4-6H2,1-3H3. The molecule has 1 aromatic carbocycles. The fraction of sp³-hybridized carbons (Fsp3) is 0.400. The SMILES string of the molecule is CCOc1ccc(-c2cn(CC)c(SCC)n2)cc1. The maximum Gasteiger partial charge on any atom is 0.168 e.